The molecule has 4 nitrogen and oxygen atoms in total. The second-order valence-corrected chi connectivity index (χ2v) is 4.47. The quantitative estimate of drug-likeness (QED) is 0.789. The van der Waals surface area contributed by atoms with Gasteiger partial charge in [0.2, 0.25) is 0 Å². The highest BCUT2D eigenvalue weighted by Crippen LogP contribution is 2.27. The van der Waals surface area contributed by atoms with Crippen molar-refractivity contribution in [2.24, 2.45) is 5.10 Å². The van der Waals surface area contributed by atoms with Gasteiger partial charge in [0.1, 0.15) is 5.69 Å². The number of anilines is 1. The van der Waals surface area contributed by atoms with E-state index in [-0.39, 0.29) is 17.5 Å². The molecule has 0 radical (unpaired) electrons. The first kappa shape index (κ1) is 11.9. The minimum absolute atomic E-state index is 0.103. The van der Waals surface area contributed by atoms with E-state index in [1.165, 1.54) is 5.01 Å². The van der Waals surface area contributed by atoms with Gasteiger partial charge >= 0.3 is 0 Å². The molecule has 94 valence electrons. The summed E-state index contributed by atoms with van der Waals surface area (Å²) in [6.45, 7) is 0. The molecule has 5 heteroatoms. The van der Waals surface area contributed by atoms with Gasteiger partial charge in [-0.1, -0.05) is 41.9 Å². The van der Waals surface area contributed by atoms with E-state index in [2.05, 4.69) is 10.1 Å². The Morgan fingerprint density at radius 2 is 1.89 bits per heavy atom. The van der Waals surface area contributed by atoms with E-state index in [4.69, 9.17) is 11.6 Å². The molecule has 0 aliphatic carbocycles. The first-order valence-electron chi connectivity index (χ1n) is 5.82. The van der Waals surface area contributed by atoms with Crippen LogP contribution in [0.2, 0.25) is 5.15 Å². The molecular weight excluding hydrogens is 262 g/mol. The minimum atomic E-state index is -0.103. The fourth-order valence-corrected chi connectivity index (χ4v) is 2.14. The molecule has 0 fully saturated rings. The van der Waals surface area contributed by atoms with Crippen LogP contribution in [0.25, 0.3) is 0 Å². The average molecular weight is 272 g/mol. The Morgan fingerprint density at radius 3 is 2.63 bits per heavy atom. The second-order valence-electron chi connectivity index (χ2n) is 4.11. The number of benzene rings is 1. The SMILES string of the molecule is O=C1CC(c2ccccc2)=NN1c1cccnc1Cl. The van der Waals surface area contributed by atoms with Gasteiger partial charge in [0, 0.05) is 6.20 Å². The lowest BCUT2D eigenvalue weighted by atomic mass is 10.1. The van der Waals surface area contributed by atoms with Crippen LogP contribution in [0.5, 0.6) is 0 Å². The molecule has 1 aliphatic rings. The molecule has 0 saturated heterocycles. The highest BCUT2D eigenvalue weighted by atomic mass is 35.5. The molecule has 0 spiro atoms. The van der Waals surface area contributed by atoms with Gasteiger partial charge < -0.3 is 0 Å². The van der Waals surface area contributed by atoms with Crippen molar-refractivity contribution in [1.82, 2.24) is 4.98 Å². The zero-order valence-corrected chi connectivity index (χ0v) is 10.7. The van der Waals surface area contributed by atoms with E-state index in [1.54, 1.807) is 18.3 Å². The molecule has 19 heavy (non-hydrogen) atoms. The predicted molar refractivity (Wildman–Crippen MR) is 74.3 cm³/mol. The average Bonchev–Trinajstić information content (AvgIpc) is 2.82. The minimum Gasteiger partial charge on any atom is -0.272 e. The molecule has 1 aromatic heterocycles. The smallest absolute Gasteiger partial charge is 0.253 e. The molecule has 1 amide bonds. The van der Waals surface area contributed by atoms with Crippen molar-refractivity contribution in [3.63, 3.8) is 0 Å². The molecule has 2 aromatic rings. The van der Waals surface area contributed by atoms with Gasteiger partial charge in [0.25, 0.3) is 5.91 Å². The van der Waals surface area contributed by atoms with Gasteiger partial charge in [-0.25, -0.2) is 4.98 Å². The number of hydrogen-bond donors (Lipinski definition) is 0. The monoisotopic (exact) mass is 271 g/mol. The van der Waals surface area contributed by atoms with Crippen molar-refractivity contribution in [2.75, 3.05) is 5.01 Å². The first-order chi connectivity index (χ1) is 9.25. The van der Waals surface area contributed by atoms with Gasteiger partial charge in [0.05, 0.1) is 12.1 Å². The second kappa shape index (κ2) is 4.82. The van der Waals surface area contributed by atoms with Gasteiger partial charge in [-0.15, -0.1) is 0 Å². The molecule has 0 N–H and O–H groups in total. The van der Waals surface area contributed by atoms with Crippen molar-refractivity contribution < 1.29 is 4.79 Å². The van der Waals surface area contributed by atoms with Gasteiger partial charge in [-0.2, -0.15) is 10.1 Å². The molecule has 2 heterocycles. The van der Waals surface area contributed by atoms with Crippen molar-refractivity contribution in [3.8, 4) is 0 Å². The third-order valence-corrected chi connectivity index (χ3v) is 3.14. The van der Waals surface area contributed by atoms with Crippen molar-refractivity contribution in [1.29, 1.82) is 0 Å². The zero-order chi connectivity index (χ0) is 13.2. The number of carbonyl (C=O) groups excluding carboxylic acids is 1. The number of carbonyl (C=O) groups is 1. The lowest BCUT2D eigenvalue weighted by Crippen LogP contribution is -2.20. The van der Waals surface area contributed by atoms with Crippen LogP contribution in [0, 0.1) is 0 Å². The fourth-order valence-electron chi connectivity index (χ4n) is 1.94. The Kier molecular flexibility index (Phi) is 3.01. The summed E-state index contributed by atoms with van der Waals surface area (Å²) in [5.74, 6) is -0.103. The van der Waals surface area contributed by atoms with Crippen molar-refractivity contribution in [2.45, 2.75) is 6.42 Å². The van der Waals surface area contributed by atoms with Crippen LogP contribution in [0.3, 0.4) is 0 Å². The van der Waals surface area contributed by atoms with Gasteiger partial charge in [0.15, 0.2) is 5.15 Å². The maximum Gasteiger partial charge on any atom is 0.253 e. The van der Waals surface area contributed by atoms with E-state index in [0.29, 0.717) is 5.69 Å². The molecule has 0 saturated carbocycles. The van der Waals surface area contributed by atoms with Crippen LogP contribution in [0.15, 0.2) is 53.8 Å². The van der Waals surface area contributed by atoms with Crippen LogP contribution < -0.4 is 5.01 Å². The summed E-state index contributed by atoms with van der Waals surface area (Å²) in [4.78, 5) is 16.0. The van der Waals surface area contributed by atoms with Crippen LogP contribution >= 0.6 is 11.6 Å². The Bertz CT molecular complexity index is 655. The lowest BCUT2D eigenvalue weighted by molar-refractivity contribution is -0.116. The van der Waals surface area contributed by atoms with E-state index in [1.807, 2.05) is 30.3 Å². The summed E-state index contributed by atoms with van der Waals surface area (Å²) < 4.78 is 0. The van der Waals surface area contributed by atoms with Crippen LogP contribution in [-0.2, 0) is 4.79 Å². The normalized spacial score (nSPS) is 14.7. The van der Waals surface area contributed by atoms with Crippen LogP contribution in [-0.4, -0.2) is 16.6 Å². The maximum atomic E-state index is 12.0. The standard InChI is InChI=1S/C14H10ClN3O/c15-14-12(7-4-8-16-14)18-13(19)9-11(17-18)10-5-2-1-3-6-10/h1-8H,9H2. The summed E-state index contributed by atoms with van der Waals surface area (Å²) in [5, 5.41) is 5.94. The summed E-state index contributed by atoms with van der Waals surface area (Å²) in [7, 11) is 0. The van der Waals surface area contributed by atoms with Crippen LogP contribution in [0.4, 0.5) is 5.69 Å². The first-order valence-corrected chi connectivity index (χ1v) is 6.20. The fraction of sp³-hybridized carbons (Fsp3) is 0.0714. The molecule has 3 rings (SSSR count). The topological polar surface area (TPSA) is 45.6 Å². The Morgan fingerprint density at radius 1 is 1.11 bits per heavy atom. The number of amides is 1. The number of hydrogen-bond acceptors (Lipinski definition) is 3. The number of rotatable bonds is 2. The third-order valence-electron chi connectivity index (χ3n) is 2.85. The zero-order valence-electron chi connectivity index (χ0n) is 9.95. The number of aromatic nitrogens is 1. The number of nitrogens with zero attached hydrogens (tertiary/aromatic N) is 3. The summed E-state index contributed by atoms with van der Waals surface area (Å²) >= 11 is 5.99. The molecule has 0 atom stereocenters. The molecule has 1 aliphatic heterocycles. The highest BCUT2D eigenvalue weighted by Gasteiger charge is 2.27. The maximum absolute atomic E-state index is 12.0. The van der Waals surface area contributed by atoms with Crippen LogP contribution in [0.1, 0.15) is 12.0 Å². The lowest BCUT2D eigenvalue weighted by Gasteiger charge is -2.11. The van der Waals surface area contributed by atoms with E-state index < -0.39 is 0 Å². The van der Waals surface area contributed by atoms with E-state index >= 15 is 0 Å². The van der Waals surface area contributed by atoms with E-state index in [0.717, 1.165) is 11.3 Å². The molecule has 0 unspecified atom stereocenters. The number of hydrazone groups is 1. The summed E-state index contributed by atoms with van der Waals surface area (Å²) in [5.41, 5.74) is 2.20. The number of pyridine rings is 1. The van der Waals surface area contributed by atoms with E-state index in [9.17, 15) is 4.79 Å². The molecular formula is C14H10ClN3O. The van der Waals surface area contributed by atoms with Crippen molar-refractivity contribution >= 4 is 28.9 Å². The Labute approximate surface area is 115 Å². The van der Waals surface area contributed by atoms with Crippen molar-refractivity contribution in [3.05, 3.63) is 59.4 Å². The molecule has 1 aromatic carbocycles. The third kappa shape index (κ3) is 2.22. The molecule has 0 bridgehead atoms. The largest absolute Gasteiger partial charge is 0.272 e. The summed E-state index contributed by atoms with van der Waals surface area (Å²) in [6.07, 6.45) is 1.85. The summed E-state index contributed by atoms with van der Waals surface area (Å²) in [6, 6.07) is 13.1. The highest BCUT2D eigenvalue weighted by molar-refractivity contribution is 6.33. The Hall–Kier alpha value is -2.20. The van der Waals surface area contributed by atoms with Gasteiger partial charge in [-0.3, -0.25) is 4.79 Å². The number of halogens is 1. The van der Waals surface area contributed by atoms with Gasteiger partial charge in [-0.05, 0) is 17.7 Å². The predicted octanol–water partition coefficient (Wildman–Crippen LogP) is 2.88. The Balaban J connectivity index is 1.99.